The lowest BCUT2D eigenvalue weighted by molar-refractivity contribution is -0.192. The van der Waals surface area contributed by atoms with Crippen LogP contribution in [0.1, 0.15) is 53.4 Å². The molecule has 0 aromatic heterocycles. The van der Waals surface area contributed by atoms with E-state index >= 15 is 0 Å². The summed E-state index contributed by atoms with van der Waals surface area (Å²) in [5.74, 6) is -0.878. The molecule has 150 valence electrons. The van der Waals surface area contributed by atoms with Crippen LogP contribution in [0, 0.1) is 28.6 Å². The predicted octanol–water partition coefficient (Wildman–Crippen LogP) is 2.59. The molecule has 0 aromatic carbocycles. The molecule has 0 radical (unpaired) electrons. The van der Waals surface area contributed by atoms with Crippen molar-refractivity contribution in [1.29, 1.82) is 0 Å². The van der Waals surface area contributed by atoms with Crippen LogP contribution in [0.5, 0.6) is 0 Å². The van der Waals surface area contributed by atoms with Crippen LogP contribution >= 0.6 is 0 Å². The summed E-state index contributed by atoms with van der Waals surface area (Å²) in [5, 5.41) is 9.85. The third-order valence-corrected chi connectivity index (χ3v) is 7.72. The number of carbonyl (C=O) groups excluding carboxylic acids is 2. The molecule has 2 saturated heterocycles. The van der Waals surface area contributed by atoms with E-state index in [0.29, 0.717) is 25.4 Å². The number of ether oxygens (including phenoxy) is 3. The lowest BCUT2D eigenvalue weighted by Crippen LogP contribution is -2.58. The van der Waals surface area contributed by atoms with Gasteiger partial charge in [-0.2, -0.15) is 0 Å². The molecular formula is C21H30O6. The van der Waals surface area contributed by atoms with E-state index in [2.05, 4.69) is 6.58 Å². The van der Waals surface area contributed by atoms with Crippen LogP contribution in [0.4, 0.5) is 0 Å². The smallest absolute Gasteiger partial charge is 0.314 e. The van der Waals surface area contributed by atoms with Crippen molar-refractivity contribution in [3.63, 3.8) is 0 Å². The molecule has 2 aliphatic heterocycles. The van der Waals surface area contributed by atoms with E-state index in [4.69, 9.17) is 14.2 Å². The standard InChI is InChI=1S/C21H30O6/c1-11-8-21(27-17(11)23)9-20(10-25-21)14-6-15(20)12(2)16(7-14)26-18(24)19(4,5)13(3)22/h11,13-16,22H,2,6-10H2,1,3-5H3/t11-,13?,14?,15?,16?,20?,21-/m0/s1. The Bertz CT molecular complexity index is 697. The molecule has 7 atom stereocenters. The summed E-state index contributed by atoms with van der Waals surface area (Å²) < 4.78 is 17.4. The van der Waals surface area contributed by atoms with Gasteiger partial charge in [-0.1, -0.05) is 13.5 Å². The minimum Gasteiger partial charge on any atom is -0.457 e. The molecule has 3 saturated carbocycles. The first-order valence-electron chi connectivity index (χ1n) is 9.95. The third kappa shape index (κ3) is 2.59. The van der Waals surface area contributed by atoms with Crippen LogP contribution < -0.4 is 0 Å². The zero-order valence-corrected chi connectivity index (χ0v) is 16.6. The van der Waals surface area contributed by atoms with Crippen molar-refractivity contribution in [3.8, 4) is 0 Å². The van der Waals surface area contributed by atoms with Gasteiger partial charge < -0.3 is 19.3 Å². The van der Waals surface area contributed by atoms with Crippen LogP contribution in [0.3, 0.4) is 0 Å². The fourth-order valence-electron chi connectivity index (χ4n) is 5.37. The van der Waals surface area contributed by atoms with Crippen LogP contribution in [-0.2, 0) is 23.8 Å². The highest BCUT2D eigenvalue weighted by Gasteiger charge is 2.69. The Balaban J connectivity index is 1.46. The Hall–Kier alpha value is -1.40. The van der Waals surface area contributed by atoms with E-state index in [0.717, 1.165) is 18.4 Å². The zero-order valence-electron chi connectivity index (χ0n) is 16.6. The maximum atomic E-state index is 12.5. The summed E-state index contributed by atoms with van der Waals surface area (Å²) in [6.45, 7) is 11.7. The number of carbonyl (C=O) groups is 2. The summed E-state index contributed by atoms with van der Waals surface area (Å²) in [6, 6.07) is 0. The molecular weight excluding hydrogens is 348 g/mol. The number of aliphatic hydroxyl groups is 1. The molecule has 6 nitrogen and oxygen atoms in total. The zero-order chi connectivity index (χ0) is 19.8. The van der Waals surface area contributed by atoms with Crippen molar-refractivity contribution in [1.82, 2.24) is 0 Å². The van der Waals surface area contributed by atoms with Gasteiger partial charge in [0.1, 0.15) is 6.10 Å². The summed E-state index contributed by atoms with van der Waals surface area (Å²) in [5.41, 5.74) is -0.0661. The molecule has 5 unspecified atom stereocenters. The largest absolute Gasteiger partial charge is 0.457 e. The molecule has 2 heterocycles. The summed E-state index contributed by atoms with van der Waals surface area (Å²) in [4.78, 5) is 24.4. The van der Waals surface area contributed by atoms with E-state index in [1.165, 1.54) is 0 Å². The Morgan fingerprint density at radius 3 is 2.67 bits per heavy atom. The second kappa shape index (κ2) is 5.80. The van der Waals surface area contributed by atoms with E-state index < -0.39 is 23.3 Å². The maximum absolute atomic E-state index is 12.5. The first-order valence-corrected chi connectivity index (χ1v) is 9.95. The van der Waals surface area contributed by atoms with Gasteiger partial charge >= 0.3 is 11.9 Å². The van der Waals surface area contributed by atoms with E-state index in [9.17, 15) is 14.7 Å². The highest BCUT2D eigenvalue weighted by atomic mass is 16.7. The van der Waals surface area contributed by atoms with Crippen LogP contribution in [-0.4, -0.2) is 41.6 Å². The Kier molecular flexibility index (Phi) is 4.07. The van der Waals surface area contributed by atoms with Crippen molar-refractivity contribution in [2.24, 2.45) is 28.6 Å². The van der Waals surface area contributed by atoms with E-state index in [-0.39, 0.29) is 29.3 Å². The van der Waals surface area contributed by atoms with Gasteiger partial charge in [-0.25, -0.2) is 0 Å². The van der Waals surface area contributed by atoms with Crippen molar-refractivity contribution in [2.75, 3.05) is 6.61 Å². The van der Waals surface area contributed by atoms with Gasteiger partial charge in [-0.05, 0) is 51.0 Å². The molecule has 3 aliphatic carbocycles. The lowest BCUT2D eigenvalue weighted by Gasteiger charge is -2.60. The second-order valence-corrected chi connectivity index (χ2v) is 9.72. The SMILES string of the molecule is C=C1C(OC(=O)C(C)(C)C(C)O)CC2CC1C21CO[C@]2(C[C@H](C)C(=O)O2)C1. The number of hydrogen-bond donors (Lipinski definition) is 1. The highest BCUT2D eigenvalue weighted by molar-refractivity contribution is 5.77. The Morgan fingerprint density at radius 1 is 1.41 bits per heavy atom. The topological polar surface area (TPSA) is 82.1 Å². The molecule has 5 fully saturated rings. The van der Waals surface area contributed by atoms with Crippen LogP contribution in [0.15, 0.2) is 12.2 Å². The molecule has 5 rings (SSSR count). The van der Waals surface area contributed by atoms with Gasteiger partial charge in [0.2, 0.25) is 5.79 Å². The number of fused-ring (bicyclic) bond motifs is 2. The van der Waals surface area contributed by atoms with Crippen LogP contribution in [0.25, 0.3) is 0 Å². The molecule has 27 heavy (non-hydrogen) atoms. The third-order valence-electron chi connectivity index (χ3n) is 7.72. The average Bonchev–Trinajstić information content (AvgIpc) is 3.10. The van der Waals surface area contributed by atoms with Gasteiger partial charge in [-0.3, -0.25) is 9.59 Å². The highest BCUT2D eigenvalue weighted by Crippen LogP contribution is 2.68. The predicted molar refractivity (Wildman–Crippen MR) is 96.3 cm³/mol. The van der Waals surface area contributed by atoms with Gasteiger partial charge in [0.05, 0.1) is 24.0 Å². The number of rotatable bonds is 3. The fourth-order valence-corrected chi connectivity index (χ4v) is 5.37. The van der Waals surface area contributed by atoms with Gasteiger partial charge in [0, 0.05) is 18.3 Å². The van der Waals surface area contributed by atoms with Gasteiger partial charge in [0.15, 0.2) is 0 Å². The quantitative estimate of drug-likeness (QED) is 0.600. The number of aliphatic hydroxyl groups excluding tert-OH is 1. The minimum absolute atomic E-state index is 0.0515. The van der Waals surface area contributed by atoms with Gasteiger partial charge in [0.25, 0.3) is 0 Å². The lowest BCUT2D eigenvalue weighted by atomic mass is 9.44. The number of esters is 2. The summed E-state index contributed by atoms with van der Waals surface area (Å²) >= 11 is 0. The first-order chi connectivity index (χ1) is 12.5. The normalized spacial score (nSPS) is 44.3. The minimum atomic E-state index is -0.950. The van der Waals surface area contributed by atoms with Crippen molar-refractivity contribution < 1.29 is 28.9 Å². The van der Waals surface area contributed by atoms with Crippen molar-refractivity contribution in [3.05, 3.63) is 12.2 Å². The molecule has 2 bridgehead atoms. The van der Waals surface area contributed by atoms with E-state index in [1.807, 2.05) is 6.92 Å². The average molecular weight is 378 g/mol. The monoisotopic (exact) mass is 378 g/mol. The van der Waals surface area contributed by atoms with E-state index in [1.54, 1.807) is 20.8 Å². The summed E-state index contributed by atoms with van der Waals surface area (Å²) in [6.07, 6.45) is 1.97. The fraction of sp³-hybridized carbons (Fsp3) is 0.810. The van der Waals surface area contributed by atoms with Crippen molar-refractivity contribution >= 4 is 11.9 Å². The Morgan fingerprint density at radius 2 is 2.11 bits per heavy atom. The molecule has 2 spiro atoms. The van der Waals surface area contributed by atoms with Crippen molar-refractivity contribution in [2.45, 2.75) is 71.4 Å². The molecule has 0 aromatic rings. The maximum Gasteiger partial charge on any atom is 0.314 e. The molecule has 0 amide bonds. The number of hydrogen-bond acceptors (Lipinski definition) is 6. The summed E-state index contributed by atoms with van der Waals surface area (Å²) in [7, 11) is 0. The first kappa shape index (κ1) is 18.9. The molecule has 6 heteroatoms. The van der Waals surface area contributed by atoms with Crippen LogP contribution in [0.2, 0.25) is 0 Å². The second-order valence-electron chi connectivity index (χ2n) is 9.72. The Labute approximate surface area is 160 Å². The molecule has 5 aliphatic rings. The molecule has 1 N–H and O–H groups in total. The van der Waals surface area contributed by atoms with Gasteiger partial charge in [-0.15, -0.1) is 0 Å².